The highest BCUT2D eigenvalue weighted by Crippen LogP contribution is 2.61. The topological polar surface area (TPSA) is 393 Å². The number of carbonyl (C=O) groups excluding carboxylic acids is 3. The number of rotatable bonds is 34. The molecule has 71 heavy (non-hydrogen) atoms. The molecule has 1 aliphatic rings. The quantitative estimate of drug-likeness (QED) is 0.0117. The first-order chi connectivity index (χ1) is 33.5. The molecule has 0 radical (unpaired) electrons. The van der Waals surface area contributed by atoms with E-state index in [0.29, 0.717) is 18.6 Å². The van der Waals surface area contributed by atoms with Gasteiger partial charge in [0.25, 0.3) is 0 Å². The first kappa shape index (κ1) is 61.7. The zero-order valence-electron chi connectivity index (χ0n) is 39.5. The normalized spacial score (nSPS) is 20.5. The molecule has 30 heteroatoms. The Kier molecular flexibility index (Phi) is 26.6. The lowest BCUT2D eigenvalue weighted by Gasteiger charge is -2.30. The van der Waals surface area contributed by atoms with Crippen molar-refractivity contribution in [1.82, 2.24) is 30.2 Å². The van der Waals surface area contributed by atoms with Crippen LogP contribution in [-0.4, -0.2) is 134 Å². The maximum atomic E-state index is 12.7. The van der Waals surface area contributed by atoms with Crippen molar-refractivity contribution in [2.24, 2.45) is 5.41 Å². The fraction of sp³-hybridized carbons (Fsp3) is 0.610. The number of ether oxygens (including phenoxy) is 1. The van der Waals surface area contributed by atoms with Gasteiger partial charge in [-0.15, -0.1) is 0 Å². The molecule has 1 fully saturated rings. The molecule has 8 atom stereocenters. The molecule has 0 bridgehead atoms. The van der Waals surface area contributed by atoms with Crippen LogP contribution in [0.15, 0.2) is 61.3 Å². The number of allylic oxidation sites excluding steroid dienone is 7. The van der Waals surface area contributed by atoms with Crippen molar-refractivity contribution < 1.29 is 90.6 Å². The molecule has 2 aromatic rings. The van der Waals surface area contributed by atoms with E-state index in [9.17, 15) is 57.9 Å². The van der Waals surface area contributed by atoms with Crippen LogP contribution >= 0.6 is 35.2 Å². The second kappa shape index (κ2) is 30.6. The van der Waals surface area contributed by atoms with E-state index in [0.717, 1.165) is 73.9 Å². The molecule has 2 aromatic heterocycles. The number of nitrogens with one attached hydrogen (secondary N) is 2. The molecule has 8 unspecified atom stereocenters. The van der Waals surface area contributed by atoms with Crippen LogP contribution in [0.1, 0.15) is 91.2 Å². The molecule has 1 aliphatic heterocycles. The number of nitrogens with two attached hydrogens (primary N) is 1. The number of nitrogens with zero attached hydrogens (tertiary/aromatic N) is 4. The molecule has 3 heterocycles. The van der Waals surface area contributed by atoms with Crippen LogP contribution < -0.4 is 16.4 Å². The molecule has 2 amide bonds. The number of phosphoric ester groups is 3. The van der Waals surface area contributed by atoms with Crippen molar-refractivity contribution in [2.75, 3.05) is 37.8 Å². The number of nitrogen functional groups attached to an aromatic ring is 1. The molecular formula is C41H66N7O19P3S. The molecule has 0 aliphatic carbocycles. The fourth-order valence-electron chi connectivity index (χ4n) is 6.42. The molecule has 1 saturated heterocycles. The highest BCUT2D eigenvalue weighted by Gasteiger charge is 2.50. The predicted octanol–water partition coefficient (Wildman–Crippen LogP) is 4.28. The highest BCUT2D eigenvalue weighted by molar-refractivity contribution is 8.13. The predicted molar refractivity (Wildman–Crippen MR) is 258 cm³/mol. The van der Waals surface area contributed by atoms with Gasteiger partial charge in [-0.3, -0.25) is 37.8 Å². The largest absolute Gasteiger partial charge is 0.481 e. The number of fused-ring (bicyclic) bond motifs is 1. The van der Waals surface area contributed by atoms with E-state index >= 15 is 0 Å². The van der Waals surface area contributed by atoms with Gasteiger partial charge in [-0.05, 0) is 32.1 Å². The number of hydrogen-bond acceptors (Lipinski definition) is 20. The molecule has 26 nitrogen and oxygen atoms in total. The summed E-state index contributed by atoms with van der Waals surface area (Å²) in [6, 6.07) is 0. The second-order valence-electron chi connectivity index (χ2n) is 16.5. The number of aliphatic hydroxyl groups excluding tert-OH is 2. The van der Waals surface area contributed by atoms with Crippen molar-refractivity contribution in [3.8, 4) is 0 Å². The summed E-state index contributed by atoms with van der Waals surface area (Å²) in [6.45, 7) is 2.58. The number of aliphatic hydroxyl groups is 2. The average Bonchev–Trinajstić information content (AvgIpc) is 3.86. The first-order valence-corrected chi connectivity index (χ1v) is 28.0. The van der Waals surface area contributed by atoms with Crippen LogP contribution in [0.5, 0.6) is 0 Å². The van der Waals surface area contributed by atoms with E-state index in [-0.39, 0.29) is 47.7 Å². The van der Waals surface area contributed by atoms with E-state index in [4.69, 9.17) is 24.8 Å². The Morgan fingerprint density at radius 3 is 2.35 bits per heavy atom. The van der Waals surface area contributed by atoms with Crippen LogP contribution in [0, 0.1) is 5.41 Å². The molecular weight excluding hydrogens is 1020 g/mol. The fourth-order valence-corrected chi connectivity index (χ4v) is 9.97. The summed E-state index contributed by atoms with van der Waals surface area (Å²) in [6.07, 6.45) is 15.8. The van der Waals surface area contributed by atoms with Gasteiger partial charge in [-0.1, -0.05) is 100 Å². The van der Waals surface area contributed by atoms with Gasteiger partial charge in [0, 0.05) is 37.1 Å². The van der Waals surface area contributed by atoms with Crippen molar-refractivity contribution in [3.63, 3.8) is 0 Å². The van der Waals surface area contributed by atoms with E-state index in [1.165, 1.54) is 13.8 Å². The Balaban J connectivity index is 1.30. The van der Waals surface area contributed by atoms with Gasteiger partial charge in [-0.25, -0.2) is 33.5 Å². The van der Waals surface area contributed by atoms with Crippen LogP contribution in [0.2, 0.25) is 0 Å². The lowest BCUT2D eigenvalue weighted by molar-refractivity contribution is -0.267. The maximum Gasteiger partial charge on any atom is 0.481 e. The number of hydrogen-bond donors (Lipinski definition) is 10. The van der Waals surface area contributed by atoms with Crippen molar-refractivity contribution in [2.45, 2.75) is 122 Å². The summed E-state index contributed by atoms with van der Waals surface area (Å²) in [5, 5.41) is 35.5. The third-order valence-corrected chi connectivity index (χ3v) is 14.2. The monoisotopic (exact) mass is 1090 g/mol. The van der Waals surface area contributed by atoms with Crippen molar-refractivity contribution in [3.05, 3.63) is 61.3 Å². The molecule has 3 rings (SSSR count). The minimum absolute atomic E-state index is 0.0110. The van der Waals surface area contributed by atoms with Gasteiger partial charge < -0.3 is 50.9 Å². The van der Waals surface area contributed by atoms with E-state index in [1.807, 2.05) is 42.5 Å². The van der Waals surface area contributed by atoms with Crippen molar-refractivity contribution >= 4 is 69.1 Å². The minimum atomic E-state index is -5.59. The summed E-state index contributed by atoms with van der Waals surface area (Å²) in [7, 11) is -16.4. The van der Waals surface area contributed by atoms with Gasteiger partial charge in [-0.2, -0.15) is 4.31 Å². The summed E-state index contributed by atoms with van der Waals surface area (Å²) in [5.74, 6) is -1.13. The molecule has 0 saturated carbocycles. The number of imidazole rings is 1. The second-order valence-corrected chi connectivity index (χ2v) is 21.9. The molecule has 0 spiro atoms. The van der Waals surface area contributed by atoms with Crippen molar-refractivity contribution in [1.29, 1.82) is 0 Å². The van der Waals surface area contributed by atoms with Gasteiger partial charge in [0.2, 0.25) is 11.8 Å². The lowest BCUT2D eigenvalue weighted by atomic mass is 9.87. The Bertz CT molecular complexity index is 2280. The number of carbonyl (C=O) groups is 3. The Morgan fingerprint density at radius 1 is 0.944 bits per heavy atom. The highest BCUT2D eigenvalue weighted by atomic mass is 32.2. The minimum Gasteiger partial charge on any atom is -0.386 e. The Hall–Kier alpha value is -3.56. The van der Waals surface area contributed by atoms with Crippen LogP contribution in [0.3, 0.4) is 0 Å². The number of anilines is 1. The van der Waals surface area contributed by atoms with Crippen LogP contribution in [0.25, 0.3) is 11.2 Å². The smallest absolute Gasteiger partial charge is 0.386 e. The first-order valence-electron chi connectivity index (χ1n) is 22.5. The number of amides is 2. The lowest BCUT2D eigenvalue weighted by Crippen LogP contribution is -2.46. The van der Waals surface area contributed by atoms with Gasteiger partial charge in [0.05, 0.1) is 19.5 Å². The number of unbranched alkanes of at least 4 members (excludes halogenated alkanes) is 3. The Morgan fingerprint density at radius 2 is 1.65 bits per heavy atom. The zero-order chi connectivity index (χ0) is 52.7. The van der Waals surface area contributed by atoms with Gasteiger partial charge in [0.15, 0.2) is 22.8 Å². The molecule has 11 N–H and O–H groups in total. The zero-order valence-corrected chi connectivity index (χ0v) is 43.0. The summed E-state index contributed by atoms with van der Waals surface area (Å²) in [4.78, 5) is 92.9. The van der Waals surface area contributed by atoms with Crippen LogP contribution in [0.4, 0.5) is 5.82 Å². The van der Waals surface area contributed by atoms with Gasteiger partial charge >= 0.3 is 23.5 Å². The Labute approximate surface area is 414 Å². The summed E-state index contributed by atoms with van der Waals surface area (Å²) >= 11 is 1.09. The SMILES string of the molecule is CCCCCC(/C=C/C=C/C/C=C/C/C=C/CCCC(=O)SCCNC(=O)CCNC(=O)C(O)C(C)(C)COP(=O)(O)OP(=O)(O)OCC1OC(n2cnc3c(N)ncnc32)C(O)C1OP(=O)(O)O)OO. The number of aromatic nitrogens is 4. The molecule has 400 valence electrons. The van der Waals surface area contributed by atoms with E-state index in [1.54, 1.807) is 0 Å². The van der Waals surface area contributed by atoms with Gasteiger partial charge in [0.1, 0.15) is 42.4 Å². The third-order valence-electron chi connectivity index (χ3n) is 10.2. The number of thioether (sulfide) groups is 1. The van der Waals surface area contributed by atoms with E-state index < -0.39 is 84.6 Å². The third kappa shape index (κ3) is 23.0. The van der Waals surface area contributed by atoms with E-state index in [2.05, 4.69) is 52.3 Å². The number of phosphoric acid groups is 3. The maximum absolute atomic E-state index is 12.7. The summed E-state index contributed by atoms with van der Waals surface area (Å²) in [5.41, 5.74) is 4.26. The standard InChI is InChI=1S/C41H66N7O19P3S/c1-4-5-15-18-29(65-54)19-16-13-11-9-7-6-8-10-12-14-17-20-32(50)71-24-23-43-31(49)21-22-44-39(53)36(52)41(2,3)26-63-70(60,61)67-69(58,59)62-25-30-35(66-68(55,56)57)34(51)40(64-30)48-28-47-33-37(42)45-27-46-38(33)48/h6-7,10-13,16,19,27-30,34-36,40,51-52,54H,4-5,8-9,14-15,17-18,20-26H2,1-3H3,(H,43,49)(H,44,53)(H,58,59)(H,60,61)(H2,42,45,46)(H2,55,56,57)/b7-6+,12-10+,13-11+,19-16+. The summed E-state index contributed by atoms with van der Waals surface area (Å²) < 4.78 is 62.4. The average molecular weight is 1090 g/mol. The molecule has 0 aromatic carbocycles. The van der Waals surface area contributed by atoms with Crippen LogP contribution in [-0.2, 0) is 55.6 Å².